The van der Waals surface area contributed by atoms with Gasteiger partial charge in [-0.2, -0.15) is 16.6 Å². The van der Waals surface area contributed by atoms with E-state index in [9.17, 15) is 19.2 Å². The minimum Gasteiger partial charge on any atom is -0.379 e. The number of amides is 4. The summed E-state index contributed by atoms with van der Waals surface area (Å²) < 4.78 is 5.18. The zero-order valence-corrected chi connectivity index (χ0v) is 15.4. The molecule has 2 atom stereocenters. The van der Waals surface area contributed by atoms with Gasteiger partial charge < -0.3 is 10.1 Å². The van der Waals surface area contributed by atoms with E-state index in [0.717, 1.165) is 4.90 Å². The molecule has 0 aliphatic carbocycles. The highest BCUT2D eigenvalue weighted by atomic mass is 32.2. The maximum atomic E-state index is 11.9. The van der Waals surface area contributed by atoms with Gasteiger partial charge in [0.25, 0.3) is 5.91 Å². The third-order valence-electron chi connectivity index (χ3n) is 3.25. The van der Waals surface area contributed by atoms with Crippen LogP contribution >= 0.6 is 21.2 Å². The summed E-state index contributed by atoms with van der Waals surface area (Å²) in [7, 11) is 1.97. The fourth-order valence-corrected chi connectivity index (χ4v) is 2.78. The topological polar surface area (TPSA) is 118 Å². The summed E-state index contributed by atoms with van der Waals surface area (Å²) in [5, 5.41) is 5.59. The minimum absolute atomic E-state index is 0.0611. The van der Waals surface area contributed by atoms with E-state index in [1.54, 1.807) is 6.26 Å². The van der Waals surface area contributed by atoms with E-state index in [1.807, 2.05) is 9.39 Å². The van der Waals surface area contributed by atoms with Crippen LogP contribution in [0.25, 0.3) is 0 Å². The van der Waals surface area contributed by atoms with Gasteiger partial charge in [0.2, 0.25) is 17.7 Å². The molecule has 0 bridgehead atoms. The number of nitrogens with zero attached hydrogens (tertiary/aromatic N) is 3. The first-order chi connectivity index (χ1) is 11.5. The molecule has 4 amide bonds. The lowest BCUT2D eigenvalue weighted by atomic mass is 10.3. The molecule has 0 aromatic carbocycles. The smallest absolute Gasteiger partial charge is 0.266 e. The van der Waals surface area contributed by atoms with Crippen LogP contribution in [0.3, 0.4) is 0 Å². The molecular weight excluding hydrogens is 355 g/mol. The second-order valence-corrected chi connectivity index (χ2v) is 6.15. The van der Waals surface area contributed by atoms with Crippen molar-refractivity contribution in [2.75, 3.05) is 32.6 Å². The van der Waals surface area contributed by atoms with Crippen LogP contribution in [0.2, 0.25) is 0 Å². The highest BCUT2D eigenvalue weighted by Gasteiger charge is 2.37. The number of nitrogens with one attached hydrogen (secondary N) is 1. The molecule has 0 saturated carbocycles. The zero-order valence-electron chi connectivity index (χ0n) is 13.4. The summed E-state index contributed by atoms with van der Waals surface area (Å²) in [5.74, 6) is -1.10. The number of rotatable bonds is 10. The van der Waals surface area contributed by atoms with Crippen LogP contribution in [0.1, 0.15) is 19.3 Å². The van der Waals surface area contributed by atoms with Crippen molar-refractivity contribution < 1.29 is 23.9 Å². The molecule has 24 heavy (non-hydrogen) atoms. The second kappa shape index (κ2) is 11.2. The summed E-state index contributed by atoms with van der Waals surface area (Å²) in [6, 6.07) is 0. The predicted molar refractivity (Wildman–Crippen MR) is 91.3 cm³/mol. The lowest BCUT2D eigenvalue weighted by molar-refractivity contribution is -0.138. The Hall–Kier alpha value is -1.38. The first-order valence-electron chi connectivity index (χ1n) is 7.34. The standard InChI is InChI=1S/C13H21N4O5PS/c1-24-9-8-12(20)17(13(9)21)5-2-10(18)14-4-7-22-6-3-11(19)15-16-23/h9H,2-8,23H2,1H3,(H,14,18). The Bertz CT molecular complexity index is 517. The van der Waals surface area contributed by atoms with Gasteiger partial charge in [0, 0.05) is 35.3 Å². The molecule has 1 aliphatic heterocycles. The lowest BCUT2D eigenvalue weighted by Gasteiger charge is -2.14. The van der Waals surface area contributed by atoms with Gasteiger partial charge in [-0.05, 0) is 6.26 Å². The molecule has 0 spiro atoms. The minimum atomic E-state index is -0.377. The van der Waals surface area contributed by atoms with Crippen molar-refractivity contribution in [1.82, 2.24) is 10.2 Å². The van der Waals surface area contributed by atoms with E-state index in [-0.39, 0.29) is 74.4 Å². The maximum Gasteiger partial charge on any atom is 0.266 e. The highest BCUT2D eigenvalue weighted by Crippen LogP contribution is 2.22. The van der Waals surface area contributed by atoms with Crippen molar-refractivity contribution in [2.24, 2.45) is 10.00 Å². The van der Waals surface area contributed by atoms with Crippen LogP contribution in [0, 0.1) is 0 Å². The van der Waals surface area contributed by atoms with Crippen LogP contribution in [-0.4, -0.2) is 66.3 Å². The summed E-state index contributed by atoms with van der Waals surface area (Å²) in [4.78, 5) is 50.7. The van der Waals surface area contributed by atoms with Crippen LogP contribution in [-0.2, 0) is 23.9 Å². The summed E-state index contributed by atoms with van der Waals surface area (Å²) in [6.45, 7) is 0.835. The van der Waals surface area contributed by atoms with E-state index in [1.165, 1.54) is 11.8 Å². The summed E-state index contributed by atoms with van der Waals surface area (Å²) in [5.41, 5.74) is 0. The zero-order chi connectivity index (χ0) is 17.9. The van der Waals surface area contributed by atoms with Crippen LogP contribution < -0.4 is 5.32 Å². The van der Waals surface area contributed by atoms with E-state index in [4.69, 9.17) is 4.74 Å². The number of carbonyl (C=O) groups excluding carboxylic acids is 4. The van der Waals surface area contributed by atoms with Gasteiger partial charge >= 0.3 is 0 Å². The average molecular weight is 376 g/mol. The first-order valence-corrected chi connectivity index (χ1v) is 9.15. The number of carbonyl (C=O) groups is 4. The largest absolute Gasteiger partial charge is 0.379 e. The Morgan fingerprint density at radius 3 is 2.75 bits per heavy atom. The van der Waals surface area contributed by atoms with Crippen molar-refractivity contribution in [1.29, 1.82) is 0 Å². The van der Waals surface area contributed by atoms with Gasteiger partial charge in [-0.1, -0.05) is 0 Å². The molecule has 1 rings (SSSR count). The number of imide groups is 1. The van der Waals surface area contributed by atoms with Gasteiger partial charge in [-0.3, -0.25) is 24.1 Å². The summed E-state index contributed by atoms with van der Waals surface area (Å²) in [6.07, 6.45) is 2.17. The molecule has 134 valence electrons. The van der Waals surface area contributed by atoms with Crippen molar-refractivity contribution in [2.45, 2.75) is 24.5 Å². The second-order valence-electron chi connectivity index (χ2n) is 4.88. The molecule has 0 aromatic heterocycles. The molecular formula is C13H21N4O5PS. The van der Waals surface area contributed by atoms with Gasteiger partial charge in [-0.15, -0.1) is 5.11 Å². The molecule has 1 N–H and O–H groups in total. The number of ether oxygens (including phenoxy) is 1. The SMILES string of the molecule is CSC1CC(=O)N(CCC(=O)NCCOCCC(=O)N=NP)C1=O. The van der Waals surface area contributed by atoms with Crippen molar-refractivity contribution in [3.8, 4) is 0 Å². The lowest BCUT2D eigenvalue weighted by Crippen LogP contribution is -2.36. The molecule has 1 saturated heterocycles. The number of hydrogen-bond acceptors (Lipinski definition) is 7. The Balaban J connectivity index is 2.11. The molecule has 11 heteroatoms. The third kappa shape index (κ3) is 7.02. The Labute approximate surface area is 146 Å². The van der Waals surface area contributed by atoms with Crippen LogP contribution in [0.4, 0.5) is 0 Å². The van der Waals surface area contributed by atoms with Gasteiger partial charge in [-0.25, -0.2) is 0 Å². The molecule has 0 aromatic rings. The van der Waals surface area contributed by atoms with E-state index in [2.05, 4.69) is 15.3 Å². The number of likely N-dealkylation sites (tertiary alicyclic amines) is 1. The van der Waals surface area contributed by atoms with Gasteiger partial charge in [0.05, 0.1) is 24.9 Å². The molecule has 0 radical (unpaired) electrons. The van der Waals surface area contributed by atoms with Crippen LogP contribution in [0.5, 0.6) is 0 Å². The fourth-order valence-electron chi connectivity index (χ4n) is 2.01. The normalized spacial score (nSPS) is 17.8. The quantitative estimate of drug-likeness (QED) is 0.251. The van der Waals surface area contributed by atoms with Crippen LogP contribution in [0.15, 0.2) is 10.00 Å². The highest BCUT2D eigenvalue weighted by molar-refractivity contribution is 8.00. The van der Waals surface area contributed by atoms with Gasteiger partial charge in [0.15, 0.2) is 0 Å². The van der Waals surface area contributed by atoms with E-state index >= 15 is 0 Å². The maximum absolute atomic E-state index is 11.9. The molecule has 1 aliphatic rings. The Morgan fingerprint density at radius 1 is 1.38 bits per heavy atom. The number of hydrogen-bond donors (Lipinski definition) is 1. The van der Waals surface area contributed by atoms with Gasteiger partial charge in [0.1, 0.15) is 0 Å². The Morgan fingerprint density at radius 2 is 2.12 bits per heavy atom. The van der Waals surface area contributed by atoms with E-state index < -0.39 is 0 Å². The van der Waals surface area contributed by atoms with Crippen molar-refractivity contribution in [3.63, 3.8) is 0 Å². The van der Waals surface area contributed by atoms with Crippen molar-refractivity contribution in [3.05, 3.63) is 0 Å². The van der Waals surface area contributed by atoms with Crippen molar-refractivity contribution >= 4 is 44.8 Å². The number of thioether (sulfide) groups is 1. The first kappa shape index (κ1) is 20.7. The predicted octanol–water partition coefficient (Wildman–Crippen LogP) is 0.159. The summed E-state index contributed by atoms with van der Waals surface area (Å²) >= 11 is 1.34. The van der Waals surface area contributed by atoms with E-state index in [0.29, 0.717) is 0 Å². The average Bonchev–Trinajstić information content (AvgIpc) is 2.82. The molecule has 1 fully saturated rings. The molecule has 1 heterocycles. The molecule has 2 unspecified atom stereocenters. The monoisotopic (exact) mass is 376 g/mol. The fraction of sp³-hybridized carbons (Fsp3) is 0.692. The Kier molecular flexibility index (Phi) is 9.66. The third-order valence-corrected chi connectivity index (χ3v) is 4.30. The molecule has 9 nitrogen and oxygen atoms in total.